The van der Waals surface area contributed by atoms with E-state index < -0.39 is 0 Å². The van der Waals surface area contributed by atoms with Crippen molar-refractivity contribution in [1.29, 1.82) is 0 Å². The number of carbonyl (C=O) groups excluding carboxylic acids is 2. The lowest BCUT2D eigenvalue weighted by atomic mass is 10.3. The molecular formula is C19H23FN6O3S. The molecule has 1 saturated heterocycles. The lowest BCUT2D eigenvalue weighted by Crippen LogP contribution is -2.51. The maximum absolute atomic E-state index is 13.2. The predicted molar refractivity (Wildman–Crippen MR) is 109 cm³/mol. The molecule has 9 nitrogen and oxygen atoms in total. The Morgan fingerprint density at radius 3 is 2.43 bits per heavy atom. The Hall–Kier alpha value is -2.82. The van der Waals surface area contributed by atoms with Crippen LogP contribution >= 0.6 is 11.8 Å². The van der Waals surface area contributed by atoms with Gasteiger partial charge in [-0.1, -0.05) is 11.8 Å². The van der Waals surface area contributed by atoms with Crippen LogP contribution in [-0.2, 0) is 16.1 Å². The summed E-state index contributed by atoms with van der Waals surface area (Å²) in [7, 11) is 0. The van der Waals surface area contributed by atoms with E-state index in [1.54, 1.807) is 28.9 Å². The first-order valence-electron chi connectivity index (χ1n) is 9.85. The van der Waals surface area contributed by atoms with Gasteiger partial charge in [0.05, 0.1) is 12.4 Å². The van der Waals surface area contributed by atoms with Crippen molar-refractivity contribution < 1.29 is 18.7 Å². The van der Waals surface area contributed by atoms with Gasteiger partial charge in [0.2, 0.25) is 11.9 Å². The molecule has 0 aliphatic carbocycles. The summed E-state index contributed by atoms with van der Waals surface area (Å²) in [5.74, 6) is 0.680. The summed E-state index contributed by atoms with van der Waals surface area (Å²) in [5.41, 5.74) is 0.856. The molecule has 3 heterocycles. The van der Waals surface area contributed by atoms with Crippen LogP contribution in [0.25, 0.3) is 0 Å². The summed E-state index contributed by atoms with van der Waals surface area (Å²) in [4.78, 5) is 29.7. The highest BCUT2D eigenvalue weighted by Gasteiger charge is 2.28. The van der Waals surface area contributed by atoms with Crippen LogP contribution in [0.1, 0.15) is 6.92 Å². The van der Waals surface area contributed by atoms with Gasteiger partial charge in [0.15, 0.2) is 5.16 Å². The normalized spacial score (nSPS) is 16.0. The topological polar surface area (TPSA) is 83.8 Å². The quantitative estimate of drug-likeness (QED) is 0.665. The van der Waals surface area contributed by atoms with Crippen molar-refractivity contribution in [2.24, 2.45) is 0 Å². The van der Waals surface area contributed by atoms with E-state index in [4.69, 9.17) is 4.74 Å². The fourth-order valence-electron chi connectivity index (χ4n) is 3.52. The van der Waals surface area contributed by atoms with Gasteiger partial charge in [-0.15, -0.1) is 10.2 Å². The standard InChI is InChI=1S/C19H23FN6O3S/c1-2-29-19(28)24-9-7-23(8-10-24)16(27)13-30-18-22-21-17-25(11-12-26(17)18)15-5-3-14(20)4-6-15/h3-6H,2,7-13H2,1H3. The molecule has 0 bridgehead atoms. The van der Waals surface area contributed by atoms with Crippen molar-refractivity contribution in [3.05, 3.63) is 30.1 Å². The van der Waals surface area contributed by atoms with Crippen molar-refractivity contribution in [1.82, 2.24) is 24.6 Å². The van der Waals surface area contributed by atoms with Crippen LogP contribution in [0.15, 0.2) is 29.4 Å². The zero-order chi connectivity index (χ0) is 21.1. The van der Waals surface area contributed by atoms with Gasteiger partial charge < -0.3 is 19.4 Å². The molecule has 2 aromatic rings. The number of hydrogen-bond acceptors (Lipinski definition) is 7. The maximum atomic E-state index is 13.2. The SMILES string of the molecule is CCOC(=O)N1CCN(C(=O)CSc2nnc3n2CCN3c2ccc(F)cc2)CC1. The molecule has 160 valence electrons. The minimum atomic E-state index is -0.330. The zero-order valence-corrected chi connectivity index (χ0v) is 17.5. The van der Waals surface area contributed by atoms with Gasteiger partial charge in [-0.2, -0.15) is 0 Å². The molecule has 2 aliphatic rings. The second kappa shape index (κ2) is 8.90. The number of rotatable bonds is 5. The lowest BCUT2D eigenvalue weighted by molar-refractivity contribution is -0.129. The highest BCUT2D eigenvalue weighted by Crippen LogP contribution is 2.32. The summed E-state index contributed by atoms with van der Waals surface area (Å²) in [6, 6.07) is 6.27. The van der Waals surface area contributed by atoms with Gasteiger partial charge in [0.1, 0.15) is 5.82 Å². The fourth-order valence-corrected chi connectivity index (χ4v) is 4.38. The van der Waals surface area contributed by atoms with E-state index in [9.17, 15) is 14.0 Å². The molecule has 0 saturated carbocycles. The summed E-state index contributed by atoms with van der Waals surface area (Å²) in [6.07, 6.45) is -0.330. The number of nitrogens with zero attached hydrogens (tertiary/aromatic N) is 6. The third-order valence-corrected chi connectivity index (χ3v) is 6.06. The van der Waals surface area contributed by atoms with Crippen LogP contribution in [0.4, 0.5) is 20.8 Å². The number of carbonyl (C=O) groups is 2. The van der Waals surface area contributed by atoms with Gasteiger partial charge in [-0.25, -0.2) is 9.18 Å². The summed E-state index contributed by atoms with van der Waals surface area (Å²) in [6.45, 7) is 5.47. The van der Waals surface area contributed by atoms with Crippen molar-refractivity contribution in [3.63, 3.8) is 0 Å². The number of anilines is 2. The number of thioether (sulfide) groups is 1. The first-order valence-corrected chi connectivity index (χ1v) is 10.8. The molecule has 1 aromatic heterocycles. The number of piperazine rings is 1. The van der Waals surface area contributed by atoms with E-state index in [0.29, 0.717) is 57.0 Å². The number of fused-ring (bicyclic) bond motifs is 1. The second-order valence-corrected chi connectivity index (χ2v) is 7.86. The Balaban J connectivity index is 1.31. The molecular weight excluding hydrogens is 411 g/mol. The molecule has 0 unspecified atom stereocenters. The molecule has 0 N–H and O–H groups in total. The van der Waals surface area contributed by atoms with Crippen LogP contribution in [0, 0.1) is 5.82 Å². The Morgan fingerprint density at radius 1 is 1.03 bits per heavy atom. The first-order chi connectivity index (χ1) is 14.6. The van der Waals surface area contributed by atoms with Gasteiger partial charge in [0.25, 0.3) is 0 Å². The molecule has 1 aromatic carbocycles. The van der Waals surface area contributed by atoms with E-state index >= 15 is 0 Å². The Morgan fingerprint density at radius 2 is 1.73 bits per heavy atom. The average molecular weight is 434 g/mol. The smallest absolute Gasteiger partial charge is 0.409 e. The molecule has 0 radical (unpaired) electrons. The number of amides is 2. The molecule has 1 fully saturated rings. The minimum Gasteiger partial charge on any atom is -0.450 e. The van der Waals surface area contributed by atoms with E-state index in [1.807, 2.05) is 9.47 Å². The number of benzene rings is 1. The number of hydrogen-bond donors (Lipinski definition) is 0. The minimum absolute atomic E-state index is 0.00856. The maximum Gasteiger partial charge on any atom is 0.409 e. The van der Waals surface area contributed by atoms with Gasteiger partial charge in [-0.3, -0.25) is 9.36 Å². The average Bonchev–Trinajstić information content (AvgIpc) is 3.35. The molecule has 4 rings (SSSR count). The van der Waals surface area contributed by atoms with E-state index in [1.165, 1.54) is 23.9 Å². The van der Waals surface area contributed by atoms with Gasteiger partial charge in [0, 0.05) is 45.0 Å². The van der Waals surface area contributed by atoms with Gasteiger partial charge in [-0.05, 0) is 31.2 Å². The van der Waals surface area contributed by atoms with E-state index in [-0.39, 0.29) is 23.6 Å². The highest BCUT2D eigenvalue weighted by molar-refractivity contribution is 7.99. The molecule has 2 aliphatic heterocycles. The summed E-state index contributed by atoms with van der Waals surface area (Å²) < 4.78 is 20.2. The molecule has 2 amide bonds. The van der Waals surface area contributed by atoms with Crippen molar-refractivity contribution in [3.8, 4) is 0 Å². The summed E-state index contributed by atoms with van der Waals surface area (Å²) >= 11 is 1.36. The van der Waals surface area contributed by atoms with Crippen molar-refractivity contribution >= 4 is 35.4 Å². The third-order valence-electron chi connectivity index (χ3n) is 5.11. The zero-order valence-electron chi connectivity index (χ0n) is 16.7. The number of aromatic nitrogens is 3. The fraction of sp³-hybridized carbons (Fsp3) is 0.474. The third kappa shape index (κ3) is 4.20. The molecule has 30 heavy (non-hydrogen) atoms. The van der Waals surface area contributed by atoms with Crippen molar-refractivity contribution in [2.75, 3.05) is 50.0 Å². The van der Waals surface area contributed by atoms with Crippen LogP contribution in [0.3, 0.4) is 0 Å². The Bertz CT molecular complexity index is 913. The summed E-state index contributed by atoms with van der Waals surface area (Å²) in [5, 5.41) is 9.17. The van der Waals surface area contributed by atoms with Gasteiger partial charge >= 0.3 is 6.09 Å². The highest BCUT2D eigenvalue weighted by atomic mass is 32.2. The van der Waals surface area contributed by atoms with Crippen LogP contribution in [0.5, 0.6) is 0 Å². The molecule has 0 spiro atoms. The predicted octanol–water partition coefficient (Wildman–Crippen LogP) is 1.96. The van der Waals surface area contributed by atoms with E-state index in [2.05, 4.69) is 10.2 Å². The van der Waals surface area contributed by atoms with E-state index in [0.717, 1.165) is 5.69 Å². The molecule has 0 atom stereocenters. The second-order valence-electron chi connectivity index (χ2n) is 6.92. The first kappa shape index (κ1) is 20.5. The van der Waals surface area contributed by atoms with Crippen LogP contribution in [0.2, 0.25) is 0 Å². The van der Waals surface area contributed by atoms with Crippen molar-refractivity contribution in [2.45, 2.75) is 18.6 Å². The largest absolute Gasteiger partial charge is 0.450 e. The number of ether oxygens (including phenoxy) is 1. The Labute approximate surface area is 177 Å². The van der Waals surface area contributed by atoms with Crippen LogP contribution in [-0.4, -0.2) is 81.6 Å². The molecule has 11 heteroatoms. The monoisotopic (exact) mass is 434 g/mol. The van der Waals surface area contributed by atoms with Crippen LogP contribution < -0.4 is 4.90 Å². The number of halogens is 1. The lowest BCUT2D eigenvalue weighted by Gasteiger charge is -2.34. The Kier molecular flexibility index (Phi) is 6.07.